The third-order valence-corrected chi connectivity index (χ3v) is 4.57. The molecule has 0 saturated carbocycles. The molecule has 1 unspecified atom stereocenters. The first-order valence-electron chi connectivity index (χ1n) is 7.20. The number of amides is 1. The van der Waals surface area contributed by atoms with E-state index in [0.29, 0.717) is 23.3 Å². The molecule has 0 aliphatic carbocycles. The van der Waals surface area contributed by atoms with Crippen LogP contribution in [0, 0.1) is 0 Å². The van der Waals surface area contributed by atoms with Crippen molar-refractivity contribution in [2.24, 2.45) is 0 Å². The van der Waals surface area contributed by atoms with Crippen LogP contribution in [0.3, 0.4) is 0 Å². The molecule has 116 valence electrons. The Balaban J connectivity index is 1.93. The minimum Gasteiger partial charge on any atom is -0.396 e. The number of anilines is 1. The number of rotatable bonds is 5. The van der Waals surface area contributed by atoms with Gasteiger partial charge in [0.25, 0.3) is 0 Å². The second-order valence-electron chi connectivity index (χ2n) is 5.30. The van der Waals surface area contributed by atoms with Gasteiger partial charge in [-0.05, 0) is 44.0 Å². The molecule has 0 bridgehead atoms. The van der Waals surface area contributed by atoms with Crippen LogP contribution in [0.5, 0.6) is 0 Å². The molecular weight excluding hydrogens is 356 g/mol. The van der Waals surface area contributed by atoms with Gasteiger partial charge in [0.2, 0.25) is 5.91 Å². The van der Waals surface area contributed by atoms with E-state index in [2.05, 4.69) is 26.1 Å². The van der Waals surface area contributed by atoms with Gasteiger partial charge in [-0.15, -0.1) is 0 Å². The van der Waals surface area contributed by atoms with Crippen LogP contribution in [0.15, 0.2) is 22.7 Å². The van der Waals surface area contributed by atoms with Gasteiger partial charge in [0.1, 0.15) is 0 Å². The molecule has 2 rings (SSSR count). The zero-order valence-electron chi connectivity index (χ0n) is 11.8. The highest BCUT2D eigenvalue weighted by Crippen LogP contribution is 2.26. The van der Waals surface area contributed by atoms with Gasteiger partial charge in [0, 0.05) is 17.1 Å². The Morgan fingerprint density at radius 2 is 2.29 bits per heavy atom. The summed E-state index contributed by atoms with van der Waals surface area (Å²) < 4.78 is 0.879. The average molecular weight is 376 g/mol. The van der Waals surface area contributed by atoms with Crippen molar-refractivity contribution in [3.05, 3.63) is 27.7 Å². The largest absolute Gasteiger partial charge is 0.396 e. The molecule has 6 heteroatoms. The molecular formula is C15H20BrClN2O2. The summed E-state index contributed by atoms with van der Waals surface area (Å²) in [5.74, 6) is -0.0657. The topological polar surface area (TPSA) is 52.6 Å². The van der Waals surface area contributed by atoms with Crippen LogP contribution in [-0.2, 0) is 4.79 Å². The summed E-state index contributed by atoms with van der Waals surface area (Å²) in [7, 11) is 0. The smallest absolute Gasteiger partial charge is 0.238 e. The molecule has 0 aromatic heterocycles. The molecule has 4 nitrogen and oxygen atoms in total. The Bertz CT molecular complexity index is 497. The van der Waals surface area contributed by atoms with Crippen molar-refractivity contribution in [2.75, 3.05) is 25.0 Å². The maximum Gasteiger partial charge on any atom is 0.238 e. The molecule has 1 heterocycles. The lowest BCUT2D eigenvalue weighted by molar-refractivity contribution is -0.118. The Morgan fingerprint density at radius 1 is 1.48 bits per heavy atom. The van der Waals surface area contributed by atoms with Crippen LogP contribution in [0.2, 0.25) is 5.02 Å². The minimum absolute atomic E-state index is 0.0657. The van der Waals surface area contributed by atoms with Gasteiger partial charge < -0.3 is 10.4 Å². The zero-order valence-corrected chi connectivity index (χ0v) is 14.2. The van der Waals surface area contributed by atoms with Crippen molar-refractivity contribution in [1.82, 2.24) is 4.90 Å². The average Bonchev–Trinajstić information content (AvgIpc) is 2.44. The van der Waals surface area contributed by atoms with Gasteiger partial charge in [0.15, 0.2) is 0 Å². The predicted octanol–water partition coefficient (Wildman–Crippen LogP) is 3.28. The number of likely N-dealkylation sites (tertiary alicyclic amines) is 1. The van der Waals surface area contributed by atoms with Crippen molar-refractivity contribution in [1.29, 1.82) is 0 Å². The van der Waals surface area contributed by atoms with Crippen LogP contribution >= 0.6 is 27.5 Å². The van der Waals surface area contributed by atoms with Crippen molar-refractivity contribution in [3.8, 4) is 0 Å². The first kappa shape index (κ1) is 16.7. The lowest BCUT2D eigenvalue weighted by Crippen LogP contribution is -2.44. The van der Waals surface area contributed by atoms with Gasteiger partial charge in [-0.1, -0.05) is 34.0 Å². The highest BCUT2D eigenvalue weighted by molar-refractivity contribution is 9.10. The third-order valence-electron chi connectivity index (χ3n) is 3.76. The standard InChI is InChI=1S/C15H20BrClN2O2/c16-11-4-5-14(13(17)9-11)18-15(21)10-19-7-2-1-3-12(19)6-8-20/h4-5,9,12,20H,1-3,6-8,10H2,(H,18,21). The highest BCUT2D eigenvalue weighted by atomic mass is 79.9. The van der Waals surface area contributed by atoms with Crippen LogP contribution in [0.25, 0.3) is 0 Å². The van der Waals surface area contributed by atoms with Gasteiger partial charge in [-0.3, -0.25) is 9.69 Å². The summed E-state index contributed by atoms with van der Waals surface area (Å²) in [5, 5.41) is 12.5. The van der Waals surface area contributed by atoms with Crippen molar-refractivity contribution in [3.63, 3.8) is 0 Å². The Morgan fingerprint density at radius 3 is 3.00 bits per heavy atom. The second-order valence-corrected chi connectivity index (χ2v) is 6.63. The highest BCUT2D eigenvalue weighted by Gasteiger charge is 2.23. The normalized spacial score (nSPS) is 19.5. The van der Waals surface area contributed by atoms with E-state index < -0.39 is 0 Å². The number of benzene rings is 1. The number of carbonyl (C=O) groups is 1. The summed E-state index contributed by atoms with van der Waals surface area (Å²) in [6.07, 6.45) is 4.05. The fraction of sp³-hybridized carbons (Fsp3) is 0.533. The maximum atomic E-state index is 12.2. The molecule has 1 aliphatic rings. The van der Waals surface area contributed by atoms with Gasteiger partial charge in [0.05, 0.1) is 17.3 Å². The molecule has 1 fully saturated rings. The number of piperidine rings is 1. The molecule has 0 radical (unpaired) electrons. The van der Waals surface area contributed by atoms with E-state index in [9.17, 15) is 4.79 Å². The lowest BCUT2D eigenvalue weighted by Gasteiger charge is -2.34. The van der Waals surface area contributed by atoms with E-state index in [-0.39, 0.29) is 12.5 Å². The number of nitrogens with one attached hydrogen (secondary N) is 1. The van der Waals surface area contributed by atoms with Crippen LogP contribution in [0.1, 0.15) is 25.7 Å². The Kier molecular flexibility index (Phi) is 6.48. The number of aliphatic hydroxyl groups is 1. The number of hydrogen-bond donors (Lipinski definition) is 2. The summed E-state index contributed by atoms with van der Waals surface area (Å²) in [4.78, 5) is 14.3. The first-order chi connectivity index (χ1) is 10.1. The lowest BCUT2D eigenvalue weighted by atomic mass is 10.00. The van der Waals surface area contributed by atoms with E-state index in [1.54, 1.807) is 12.1 Å². The van der Waals surface area contributed by atoms with E-state index in [1.807, 2.05) is 6.07 Å². The van der Waals surface area contributed by atoms with Gasteiger partial charge in [-0.2, -0.15) is 0 Å². The number of carbonyl (C=O) groups excluding carboxylic acids is 1. The molecule has 1 aromatic carbocycles. The SMILES string of the molecule is O=C(CN1CCCCC1CCO)Nc1ccc(Br)cc1Cl. The van der Waals surface area contributed by atoms with Gasteiger partial charge in [-0.25, -0.2) is 0 Å². The quantitative estimate of drug-likeness (QED) is 0.830. The molecule has 1 saturated heterocycles. The Labute approximate surface area is 138 Å². The van der Waals surface area contributed by atoms with E-state index in [0.717, 1.165) is 30.3 Å². The van der Waals surface area contributed by atoms with Gasteiger partial charge >= 0.3 is 0 Å². The van der Waals surface area contributed by atoms with E-state index in [4.69, 9.17) is 16.7 Å². The van der Waals surface area contributed by atoms with E-state index >= 15 is 0 Å². The molecule has 21 heavy (non-hydrogen) atoms. The van der Waals surface area contributed by atoms with Crippen molar-refractivity contribution < 1.29 is 9.90 Å². The number of aliphatic hydroxyl groups excluding tert-OH is 1. The first-order valence-corrected chi connectivity index (χ1v) is 8.37. The number of hydrogen-bond acceptors (Lipinski definition) is 3. The second kappa shape index (κ2) is 8.13. The summed E-state index contributed by atoms with van der Waals surface area (Å²) in [6.45, 7) is 1.42. The molecule has 0 spiro atoms. The fourth-order valence-corrected chi connectivity index (χ4v) is 3.43. The molecule has 1 aliphatic heterocycles. The molecule has 1 amide bonds. The summed E-state index contributed by atoms with van der Waals surface area (Å²) >= 11 is 9.44. The van der Waals surface area contributed by atoms with Crippen LogP contribution < -0.4 is 5.32 Å². The number of halogens is 2. The van der Waals surface area contributed by atoms with Crippen molar-refractivity contribution in [2.45, 2.75) is 31.7 Å². The maximum absolute atomic E-state index is 12.2. The summed E-state index contributed by atoms with van der Waals surface area (Å²) in [6, 6.07) is 5.69. The Hall–Kier alpha value is -0.620. The van der Waals surface area contributed by atoms with Crippen molar-refractivity contribution >= 4 is 39.1 Å². The zero-order chi connectivity index (χ0) is 15.2. The third kappa shape index (κ3) is 4.95. The monoisotopic (exact) mass is 374 g/mol. The molecule has 2 N–H and O–H groups in total. The minimum atomic E-state index is -0.0657. The van der Waals surface area contributed by atoms with Crippen LogP contribution in [-0.4, -0.2) is 41.7 Å². The molecule has 1 atom stereocenters. The number of nitrogens with zero attached hydrogens (tertiary/aromatic N) is 1. The van der Waals surface area contributed by atoms with E-state index in [1.165, 1.54) is 6.42 Å². The fourth-order valence-electron chi connectivity index (χ4n) is 2.71. The summed E-state index contributed by atoms with van der Waals surface area (Å²) in [5.41, 5.74) is 0.626. The van der Waals surface area contributed by atoms with Crippen LogP contribution in [0.4, 0.5) is 5.69 Å². The predicted molar refractivity (Wildman–Crippen MR) is 88.7 cm³/mol. The molecule has 1 aromatic rings.